The molecule has 0 unspecified atom stereocenters. The van der Waals surface area contributed by atoms with Crippen LogP contribution in [0.5, 0.6) is 0 Å². The van der Waals surface area contributed by atoms with Crippen molar-refractivity contribution in [3.63, 3.8) is 0 Å². The fourth-order valence-electron chi connectivity index (χ4n) is 4.60. The van der Waals surface area contributed by atoms with Crippen molar-refractivity contribution in [2.45, 2.75) is 46.9 Å². The second-order valence-corrected chi connectivity index (χ2v) is 11.5. The Kier molecular flexibility index (Phi) is 9.89. The van der Waals surface area contributed by atoms with Crippen LogP contribution < -0.4 is 10.6 Å². The molecule has 0 bridgehead atoms. The van der Waals surface area contributed by atoms with Crippen LogP contribution in [0.25, 0.3) is 11.3 Å². The molecule has 0 aliphatic carbocycles. The summed E-state index contributed by atoms with van der Waals surface area (Å²) in [6, 6.07) is 22.7. The van der Waals surface area contributed by atoms with Crippen molar-refractivity contribution in [1.29, 1.82) is 0 Å². The highest BCUT2D eigenvalue weighted by Crippen LogP contribution is 2.35. The summed E-state index contributed by atoms with van der Waals surface area (Å²) in [6.07, 6.45) is 1.32. The van der Waals surface area contributed by atoms with Crippen molar-refractivity contribution >= 4 is 6.09 Å². The van der Waals surface area contributed by atoms with Gasteiger partial charge >= 0.3 is 6.09 Å². The summed E-state index contributed by atoms with van der Waals surface area (Å²) in [7, 11) is 0. The Balaban J connectivity index is 1.49. The van der Waals surface area contributed by atoms with Gasteiger partial charge in [-0.25, -0.2) is 18.6 Å². The number of halogens is 2. The maximum atomic E-state index is 14.7. The summed E-state index contributed by atoms with van der Waals surface area (Å²) in [4.78, 5) is 17.1. The number of benzene rings is 3. The standard InChI is InChI=1S/C33H38F2N4O2/c1-23(19-37-32(40)41-22-25-13-9-6-10-14-25)18-36-30(33(2,3)4)31-38-29(27-17-26(34)15-16-28(27)35)21-39(31)20-24-11-7-5-8-12-24/h5-17,21,23,30,36H,18-20,22H2,1-4H3,(H,37,40)/t23-,30-/m0/s1. The largest absolute Gasteiger partial charge is 0.445 e. The monoisotopic (exact) mass is 560 g/mol. The number of alkyl carbamates (subject to hydrolysis) is 1. The second-order valence-electron chi connectivity index (χ2n) is 11.5. The van der Waals surface area contributed by atoms with Crippen molar-refractivity contribution in [2.24, 2.45) is 11.3 Å². The highest BCUT2D eigenvalue weighted by atomic mass is 19.1. The molecule has 0 saturated heterocycles. The van der Waals surface area contributed by atoms with Crippen molar-refractivity contribution in [3.05, 3.63) is 114 Å². The number of amides is 1. The fraction of sp³-hybridized carbons (Fsp3) is 0.333. The van der Waals surface area contributed by atoms with Gasteiger partial charge < -0.3 is 19.9 Å². The molecular weight excluding hydrogens is 522 g/mol. The van der Waals surface area contributed by atoms with Gasteiger partial charge in [-0.05, 0) is 40.7 Å². The normalized spacial score (nSPS) is 13.0. The van der Waals surface area contributed by atoms with Crippen molar-refractivity contribution < 1.29 is 18.3 Å². The van der Waals surface area contributed by atoms with E-state index in [1.807, 2.05) is 72.2 Å². The molecule has 6 nitrogen and oxygen atoms in total. The van der Waals surface area contributed by atoms with E-state index < -0.39 is 17.7 Å². The van der Waals surface area contributed by atoms with Crippen LogP contribution in [0.2, 0.25) is 0 Å². The summed E-state index contributed by atoms with van der Waals surface area (Å²) < 4.78 is 36.1. The van der Waals surface area contributed by atoms with Gasteiger partial charge in [0.05, 0.1) is 11.7 Å². The molecular formula is C33H38F2N4O2. The lowest BCUT2D eigenvalue weighted by Crippen LogP contribution is -2.39. The zero-order chi connectivity index (χ0) is 29.4. The van der Waals surface area contributed by atoms with Crippen molar-refractivity contribution in [3.8, 4) is 11.3 Å². The van der Waals surface area contributed by atoms with Crippen LogP contribution in [0.4, 0.5) is 13.6 Å². The van der Waals surface area contributed by atoms with Gasteiger partial charge in [0.15, 0.2) is 0 Å². The Hall–Kier alpha value is -4.04. The number of hydrogen-bond acceptors (Lipinski definition) is 4. The van der Waals surface area contributed by atoms with E-state index >= 15 is 0 Å². The zero-order valence-electron chi connectivity index (χ0n) is 24.0. The van der Waals surface area contributed by atoms with Crippen molar-refractivity contribution in [1.82, 2.24) is 20.2 Å². The number of nitrogens with one attached hydrogen (secondary N) is 2. The first kappa shape index (κ1) is 29.9. The van der Waals surface area contributed by atoms with Gasteiger partial charge in [0, 0.05) is 31.4 Å². The van der Waals surface area contributed by atoms with E-state index in [1.54, 1.807) is 6.20 Å². The van der Waals surface area contributed by atoms with E-state index in [0.29, 0.717) is 25.3 Å². The molecule has 1 heterocycles. The zero-order valence-corrected chi connectivity index (χ0v) is 24.0. The molecule has 0 aliphatic rings. The van der Waals surface area contributed by atoms with Crippen LogP contribution in [0.15, 0.2) is 85.1 Å². The molecule has 8 heteroatoms. The number of hydrogen-bond donors (Lipinski definition) is 2. The van der Waals surface area contributed by atoms with Crippen LogP contribution in [0.3, 0.4) is 0 Å². The van der Waals surface area contributed by atoms with Gasteiger partial charge in [-0.1, -0.05) is 88.4 Å². The first-order chi connectivity index (χ1) is 19.6. The molecule has 0 radical (unpaired) electrons. The van der Waals surface area contributed by atoms with Gasteiger partial charge in [0.1, 0.15) is 24.1 Å². The Morgan fingerprint density at radius 2 is 1.61 bits per heavy atom. The Labute approximate surface area is 240 Å². The van der Waals surface area contributed by atoms with Gasteiger partial charge in [-0.15, -0.1) is 0 Å². The molecule has 0 saturated carbocycles. The summed E-state index contributed by atoms with van der Waals surface area (Å²) >= 11 is 0. The summed E-state index contributed by atoms with van der Waals surface area (Å²) in [5.74, 6) is -0.236. The molecule has 4 aromatic rings. The molecule has 41 heavy (non-hydrogen) atoms. The Morgan fingerprint density at radius 1 is 0.951 bits per heavy atom. The number of aromatic nitrogens is 2. The molecule has 2 atom stereocenters. The third-order valence-corrected chi connectivity index (χ3v) is 6.81. The van der Waals surface area contributed by atoms with Gasteiger partial charge in [-0.2, -0.15) is 0 Å². The molecule has 3 aromatic carbocycles. The van der Waals surface area contributed by atoms with Gasteiger partial charge in [0.2, 0.25) is 0 Å². The summed E-state index contributed by atoms with van der Waals surface area (Å²) in [5.41, 5.74) is 2.22. The van der Waals surface area contributed by atoms with E-state index in [0.717, 1.165) is 29.1 Å². The third-order valence-electron chi connectivity index (χ3n) is 6.81. The third kappa shape index (κ3) is 8.47. The number of rotatable bonds is 11. The number of ether oxygens (including phenoxy) is 1. The van der Waals surface area contributed by atoms with Crippen molar-refractivity contribution in [2.75, 3.05) is 13.1 Å². The molecule has 1 aromatic heterocycles. The molecule has 216 valence electrons. The number of nitrogens with zero attached hydrogens (tertiary/aromatic N) is 2. The predicted octanol–water partition coefficient (Wildman–Crippen LogP) is 7.12. The molecule has 2 N–H and O–H groups in total. The minimum Gasteiger partial charge on any atom is -0.445 e. The average Bonchev–Trinajstić information content (AvgIpc) is 3.35. The van der Waals surface area contributed by atoms with E-state index in [1.165, 1.54) is 6.07 Å². The second kappa shape index (κ2) is 13.5. The van der Waals surface area contributed by atoms with Crippen LogP contribution in [-0.2, 0) is 17.9 Å². The predicted molar refractivity (Wildman–Crippen MR) is 157 cm³/mol. The smallest absolute Gasteiger partial charge is 0.407 e. The van der Waals surface area contributed by atoms with Crippen LogP contribution in [0, 0.1) is 23.0 Å². The molecule has 0 fully saturated rings. The molecule has 1 amide bonds. The lowest BCUT2D eigenvalue weighted by Gasteiger charge is -2.32. The molecule has 0 spiro atoms. The quantitative estimate of drug-likeness (QED) is 0.205. The van der Waals surface area contributed by atoms with E-state index in [-0.39, 0.29) is 29.5 Å². The Bertz CT molecular complexity index is 1420. The first-order valence-electron chi connectivity index (χ1n) is 13.8. The van der Waals surface area contributed by atoms with Gasteiger partial charge in [-0.3, -0.25) is 0 Å². The summed E-state index contributed by atoms with van der Waals surface area (Å²) in [6.45, 7) is 10.1. The number of carbonyl (C=O) groups is 1. The topological polar surface area (TPSA) is 68.2 Å². The number of imidazole rings is 1. The van der Waals surface area contributed by atoms with Crippen LogP contribution in [-0.4, -0.2) is 28.7 Å². The van der Waals surface area contributed by atoms with E-state index in [4.69, 9.17) is 9.72 Å². The maximum absolute atomic E-state index is 14.7. The fourth-order valence-corrected chi connectivity index (χ4v) is 4.60. The highest BCUT2D eigenvalue weighted by Gasteiger charge is 2.31. The van der Waals surface area contributed by atoms with Gasteiger partial charge in [0.25, 0.3) is 0 Å². The number of carbonyl (C=O) groups excluding carboxylic acids is 1. The Morgan fingerprint density at radius 3 is 2.27 bits per heavy atom. The van der Waals surface area contributed by atoms with Crippen LogP contribution in [0.1, 0.15) is 50.7 Å². The first-order valence-corrected chi connectivity index (χ1v) is 13.8. The maximum Gasteiger partial charge on any atom is 0.407 e. The SMILES string of the molecule is C[C@H](CNC(=O)OCc1ccccc1)CN[C@@H](c1nc(-c2cc(F)ccc2F)cn1Cc1ccccc1)C(C)(C)C. The molecule has 0 aliphatic heterocycles. The lowest BCUT2D eigenvalue weighted by molar-refractivity contribution is 0.138. The van der Waals surface area contributed by atoms with E-state index in [2.05, 4.69) is 31.4 Å². The highest BCUT2D eigenvalue weighted by molar-refractivity contribution is 5.67. The summed E-state index contributed by atoms with van der Waals surface area (Å²) in [5, 5.41) is 6.47. The van der Waals surface area contributed by atoms with E-state index in [9.17, 15) is 13.6 Å². The molecule has 4 rings (SSSR count). The van der Waals surface area contributed by atoms with Crippen LogP contribution >= 0.6 is 0 Å². The average molecular weight is 561 g/mol. The minimum atomic E-state index is -0.526. The lowest BCUT2D eigenvalue weighted by atomic mass is 9.85. The minimum absolute atomic E-state index is 0.0850.